The molecule has 2 unspecified atom stereocenters. The van der Waals surface area contributed by atoms with Gasteiger partial charge in [0.25, 0.3) is 0 Å². The number of benzene rings is 1. The highest BCUT2D eigenvalue weighted by atomic mass is 16.2. The fourth-order valence-electron chi connectivity index (χ4n) is 3.14. The standard InChI is InChI=1S/C19H26N4O/c1-12(2)17-11-18(21-19(24)14-6-7-15(20)10-14)23(22-17)16-8-4-13(3)5-9-16/h4-5,8-9,11-12,14-15H,6-7,10,20H2,1-3H3,(H,21,24). The van der Waals surface area contributed by atoms with Crippen LogP contribution in [0, 0.1) is 12.8 Å². The molecule has 3 rings (SSSR count). The Labute approximate surface area is 143 Å². The van der Waals surface area contributed by atoms with Crippen molar-refractivity contribution in [2.24, 2.45) is 11.7 Å². The van der Waals surface area contributed by atoms with Gasteiger partial charge in [-0.25, -0.2) is 4.68 Å². The van der Waals surface area contributed by atoms with Crippen LogP contribution in [0.25, 0.3) is 5.69 Å². The van der Waals surface area contributed by atoms with Gasteiger partial charge in [-0.3, -0.25) is 4.79 Å². The molecule has 5 heteroatoms. The van der Waals surface area contributed by atoms with Crippen LogP contribution in [-0.4, -0.2) is 21.7 Å². The Bertz CT molecular complexity index is 717. The van der Waals surface area contributed by atoms with E-state index in [2.05, 4.69) is 31.2 Å². The summed E-state index contributed by atoms with van der Waals surface area (Å²) in [5.74, 6) is 1.08. The fourth-order valence-corrected chi connectivity index (χ4v) is 3.14. The molecule has 128 valence electrons. The van der Waals surface area contributed by atoms with Crippen molar-refractivity contribution in [3.05, 3.63) is 41.6 Å². The van der Waals surface area contributed by atoms with Gasteiger partial charge in [0.2, 0.25) is 5.91 Å². The number of carbonyl (C=O) groups excluding carboxylic acids is 1. The Kier molecular flexibility index (Phi) is 4.71. The number of anilines is 1. The molecule has 0 bridgehead atoms. The number of hydrogen-bond acceptors (Lipinski definition) is 3. The van der Waals surface area contributed by atoms with Crippen LogP contribution >= 0.6 is 0 Å². The quantitative estimate of drug-likeness (QED) is 0.904. The van der Waals surface area contributed by atoms with Crippen molar-refractivity contribution in [2.45, 2.75) is 52.0 Å². The first-order valence-corrected chi connectivity index (χ1v) is 8.67. The summed E-state index contributed by atoms with van der Waals surface area (Å²) in [6.07, 6.45) is 2.55. The molecule has 1 heterocycles. The highest BCUT2D eigenvalue weighted by Crippen LogP contribution is 2.27. The lowest BCUT2D eigenvalue weighted by Gasteiger charge is -2.12. The number of nitrogens with one attached hydrogen (secondary N) is 1. The summed E-state index contributed by atoms with van der Waals surface area (Å²) in [4.78, 5) is 12.6. The molecule has 1 aliphatic rings. The Balaban J connectivity index is 1.88. The van der Waals surface area contributed by atoms with Crippen molar-refractivity contribution in [3.63, 3.8) is 0 Å². The number of aryl methyl sites for hydroxylation is 1. The van der Waals surface area contributed by atoms with E-state index in [1.165, 1.54) is 5.56 Å². The van der Waals surface area contributed by atoms with E-state index >= 15 is 0 Å². The third-order valence-electron chi connectivity index (χ3n) is 4.69. The fraction of sp³-hybridized carbons (Fsp3) is 0.474. The molecular formula is C19H26N4O. The maximum Gasteiger partial charge on any atom is 0.228 e. The minimum atomic E-state index is 0.00358. The van der Waals surface area contributed by atoms with Crippen LogP contribution in [0.1, 0.15) is 50.3 Å². The normalized spacial score (nSPS) is 20.5. The van der Waals surface area contributed by atoms with E-state index in [1.807, 2.05) is 35.0 Å². The van der Waals surface area contributed by atoms with Crippen molar-refractivity contribution >= 4 is 11.7 Å². The van der Waals surface area contributed by atoms with Crippen LogP contribution in [0.3, 0.4) is 0 Å². The molecule has 1 saturated carbocycles. The van der Waals surface area contributed by atoms with Gasteiger partial charge in [0, 0.05) is 18.0 Å². The van der Waals surface area contributed by atoms with Gasteiger partial charge in [0.1, 0.15) is 5.82 Å². The maximum absolute atomic E-state index is 12.6. The summed E-state index contributed by atoms with van der Waals surface area (Å²) in [7, 11) is 0. The van der Waals surface area contributed by atoms with Gasteiger partial charge in [0.15, 0.2) is 0 Å². The minimum absolute atomic E-state index is 0.00358. The first-order chi connectivity index (χ1) is 11.4. The molecule has 0 aliphatic heterocycles. The molecule has 0 spiro atoms. The van der Waals surface area contributed by atoms with Gasteiger partial charge in [-0.05, 0) is 44.2 Å². The second kappa shape index (κ2) is 6.77. The molecule has 3 N–H and O–H groups in total. The van der Waals surface area contributed by atoms with Crippen molar-refractivity contribution < 1.29 is 4.79 Å². The number of carbonyl (C=O) groups is 1. The second-order valence-corrected chi connectivity index (χ2v) is 7.12. The zero-order valence-electron chi connectivity index (χ0n) is 14.6. The highest BCUT2D eigenvalue weighted by Gasteiger charge is 2.28. The lowest BCUT2D eigenvalue weighted by molar-refractivity contribution is -0.119. The zero-order valence-corrected chi connectivity index (χ0v) is 14.6. The SMILES string of the molecule is Cc1ccc(-n2nc(C(C)C)cc2NC(=O)C2CCC(N)C2)cc1. The monoisotopic (exact) mass is 326 g/mol. The highest BCUT2D eigenvalue weighted by molar-refractivity contribution is 5.92. The number of amides is 1. The zero-order chi connectivity index (χ0) is 17.3. The number of hydrogen-bond donors (Lipinski definition) is 2. The van der Waals surface area contributed by atoms with Gasteiger partial charge in [-0.1, -0.05) is 31.5 Å². The summed E-state index contributed by atoms with van der Waals surface area (Å²) < 4.78 is 1.82. The van der Waals surface area contributed by atoms with E-state index in [0.717, 1.165) is 36.5 Å². The average molecular weight is 326 g/mol. The Morgan fingerprint density at radius 3 is 2.58 bits per heavy atom. The third-order valence-corrected chi connectivity index (χ3v) is 4.69. The topological polar surface area (TPSA) is 72.9 Å². The molecular weight excluding hydrogens is 300 g/mol. The number of rotatable bonds is 4. The lowest BCUT2D eigenvalue weighted by atomic mass is 10.1. The lowest BCUT2D eigenvalue weighted by Crippen LogP contribution is -2.24. The molecule has 2 aromatic rings. The molecule has 0 radical (unpaired) electrons. The minimum Gasteiger partial charge on any atom is -0.328 e. The largest absolute Gasteiger partial charge is 0.328 e. The van der Waals surface area contributed by atoms with E-state index in [1.54, 1.807) is 0 Å². The maximum atomic E-state index is 12.6. The predicted molar refractivity (Wildman–Crippen MR) is 96.3 cm³/mol. The van der Waals surface area contributed by atoms with Gasteiger partial charge in [-0.2, -0.15) is 5.10 Å². The summed E-state index contributed by atoms with van der Waals surface area (Å²) in [6, 6.07) is 10.3. The first kappa shape index (κ1) is 16.7. The molecule has 0 saturated heterocycles. The van der Waals surface area contributed by atoms with Crippen LogP contribution < -0.4 is 11.1 Å². The smallest absolute Gasteiger partial charge is 0.228 e. The Morgan fingerprint density at radius 2 is 2.00 bits per heavy atom. The number of nitrogens with zero attached hydrogens (tertiary/aromatic N) is 2. The van der Waals surface area contributed by atoms with Gasteiger partial charge >= 0.3 is 0 Å². The summed E-state index contributed by atoms with van der Waals surface area (Å²) in [5, 5.41) is 7.75. The van der Waals surface area contributed by atoms with Gasteiger partial charge < -0.3 is 11.1 Å². The first-order valence-electron chi connectivity index (χ1n) is 8.67. The van der Waals surface area contributed by atoms with Crippen LogP contribution in [0.2, 0.25) is 0 Å². The number of nitrogens with two attached hydrogens (primary N) is 1. The molecule has 1 aliphatic carbocycles. The van der Waals surface area contributed by atoms with Gasteiger partial charge in [0.05, 0.1) is 11.4 Å². The van der Waals surface area contributed by atoms with Crippen LogP contribution in [0.4, 0.5) is 5.82 Å². The van der Waals surface area contributed by atoms with E-state index in [4.69, 9.17) is 5.73 Å². The van der Waals surface area contributed by atoms with Crippen LogP contribution in [0.5, 0.6) is 0 Å². The summed E-state index contributed by atoms with van der Waals surface area (Å²) in [5.41, 5.74) is 9.05. The number of aromatic nitrogens is 2. The molecule has 2 atom stereocenters. The van der Waals surface area contributed by atoms with Crippen LogP contribution in [0.15, 0.2) is 30.3 Å². The van der Waals surface area contributed by atoms with Crippen molar-refractivity contribution in [2.75, 3.05) is 5.32 Å². The third kappa shape index (κ3) is 3.51. The van der Waals surface area contributed by atoms with E-state index < -0.39 is 0 Å². The second-order valence-electron chi connectivity index (χ2n) is 7.12. The molecule has 1 fully saturated rings. The summed E-state index contributed by atoms with van der Waals surface area (Å²) in [6.45, 7) is 6.26. The van der Waals surface area contributed by atoms with Crippen molar-refractivity contribution in [3.8, 4) is 5.69 Å². The summed E-state index contributed by atoms with van der Waals surface area (Å²) >= 11 is 0. The van der Waals surface area contributed by atoms with E-state index in [-0.39, 0.29) is 17.9 Å². The molecule has 1 amide bonds. The van der Waals surface area contributed by atoms with Crippen molar-refractivity contribution in [1.82, 2.24) is 9.78 Å². The predicted octanol–water partition coefficient (Wildman–Crippen LogP) is 3.37. The molecule has 5 nitrogen and oxygen atoms in total. The van der Waals surface area contributed by atoms with Gasteiger partial charge in [-0.15, -0.1) is 0 Å². The van der Waals surface area contributed by atoms with Crippen molar-refractivity contribution in [1.29, 1.82) is 0 Å². The molecule has 24 heavy (non-hydrogen) atoms. The molecule has 1 aromatic heterocycles. The Morgan fingerprint density at radius 1 is 1.29 bits per heavy atom. The van der Waals surface area contributed by atoms with E-state index in [0.29, 0.717) is 5.92 Å². The van der Waals surface area contributed by atoms with E-state index in [9.17, 15) is 4.79 Å². The van der Waals surface area contributed by atoms with Crippen LogP contribution in [-0.2, 0) is 4.79 Å². The Hall–Kier alpha value is -2.14. The molecule has 1 aromatic carbocycles. The average Bonchev–Trinajstić information content (AvgIpc) is 3.15.